The van der Waals surface area contributed by atoms with Gasteiger partial charge >= 0.3 is 0 Å². The van der Waals surface area contributed by atoms with Crippen molar-refractivity contribution in [2.24, 2.45) is 0 Å². The first kappa shape index (κ1) is 6.86. The SMILES string of the molecule is [2H]Cc1cc(CBr)ccc1Br. The van der Waals surface area contributed by atoms with E-state index in [1.165, 1.54) is 5.56 Å². The molecule has 0 aromatic heterocycles. The van der Waals surface area contributed by atoms with Gasteiger partial charge < -0.3 is 0 Å². The summed E-state index contributed by atoms with van der Waals surface area (Å²) in [6, 6.07) is 6.06. The predicted octanol–water partition coefficient (Wildman–Crippen LogP) is 3.65. The van der Waals surface area contributed by atoms with Gasteiger partial charge in [-0.3, -0.25) is 0 Å². The van der Waals surface area contributed by atoms with Crippen molar-refractivity contribution < 1.29 is 1.37 Å². The minimum atomic E-state index is 0.335. The van der Waals surface area contributed by atoms with E-state index in [2.05, 4.69) is 31.9 Å². The highest BCUT2D eigenvalue weighted by atomic mass is 79.9. The lowest BCUT2D eigenvalue weighted by molar-refractivity contribution is 1.34. The maximum absolute atomic E-state index is 7.21. The van der Waals surface area contributed by atoms with Crippen molar-refractivity contribution in [3.8, 4) is 0 Å². The Bertz CT molecular complexity index is 248. The summed E-state index contributed by atoms with van der Waals surface area (Å²) in [6.07, 6.45) is 0. The van der Waals surface area contributed by atoms with E-state index in [0.29, 0.717) is 6.90 Å². The number of alkyl halides is 1. The Morgan fingerprint density at radius 3 is 3.00 bits per heavy atom. The van der Waals surface area contributed by atoms with Crippen LogP contribution >= 0.6 is 31.9 Å². The molecule has 0 amide bonds. The molecule has 2 heteroatoms. The number of halogens is 2. The van der Waals surface area contributed by atoms with Crippen LogP contribution in [0.1, 0.15) is 12.5 Å². The highest BCUT2D eigenvalue weighted by Crippen LogP contribution is 2.18. The third-order valence-electron chi connectivity index (χ3n) is 1.26. The van der Waals surface area contributed by atoms with Crippen molar-refractivity contribution in [1.82, 2.24) is 0 Å². The summed E-state index contributed by atoms with van der Waals surface area (Å²) in [5, 5.41) is 0.854. The molecule has 0 unspecified atom stereocenters. The summed E-state index contributed by atoms with van der Waals surface area (Å²) in [7, 11) is 0. The summed E-state index contributed by atoms with van der Waals surface area (Å²) in [5.74, 6) is 0. The van der Waals surface area contributed by atoms with Crippen molar-refractivity contribution >= 4 is 31.9 Å². The Morgan fingerprint density at radius 2 is 2.40 bits per heavy atom. The number of hydrogen-bond donors (Lipinski definition) is 0. The van der Waals surface area contributed by atoms with Gasteiger partial charge in [0.25, 0.3) is 0 Å². The summed E-state index contributed by atoms with van der Waals surface area (Å²) in [5.41, 5.74) is 2.26. The van der Waals surface area contributed by atoms with E-state index in [0.717, 1.165) is 15.4 Å². The zero-order chi connectivity index (χ0) is 8.27. The third-order valence-corrected chi connectivity index (χ3v) is 2.69. The van der Waals surface area contributed by atoms with Gasteiger partial charge in [-0.05, 0) is 24.1 Å². The molecule has 0 spiro atoms. The Balaban J connectivity index is 3.02. The Kier molecular flexibility index (Phi) is 2.43. The monoisotopic (exact) mass is 263 g/mol. The molecule has 0 aliphatic rings. The highest BCUT2D eigenvalue weighted by Gasteiger charge is 1.94. The molecule has 54 valence electrons. The van der Waals surface area contributed by atoms with E-state index in [1.54, 1.807) is 0 Å². The molecule has 0 saturated carbocycles. The third kappa shape index (κ3) is 1.83. The van der Waals surface area contributed by atoms with E-state index < -0.39 is 0 Å². The smallest absolute Gasteiger partial charge is 0.0283 e. The molecule has 1 aromatic rings. The Hall–Kier alpha value is 0.180. The van der Waals surface area contributed by atoms with Crippen molar-refractivity contribution in [3.05, 3.63) is 33.8 Å². The van der Waals surface area contributed by atoms with E-state index in [9.17, 15) is 0 Å². The molecular formula is C8H8Br2. The molecule has 1 aromatic carbocycles. The van der Waals surface area contributed by atoms with E-state index in [1.807, 2.05) is 18.2 Å². The van der Waals surface area contributed by atoms with Gasteiger partial charge in [0, 0.05) is 11.2 Å². The summed E-state index contributed by atoms with van der Waals surface area (Å²) >= 11 is 6.75. The summed E-state index contributed by atoms with van der Waals surface area (Å²) in [6.45, 7) is 0.335. The second-order valence-electron chi connectivity index (χ2n) is 2.06. The predicted molar refractivity (Wildman–Crippen MR) is 51.5 cm³/mol. The molecule has 0 atom stereocenters. The minimum Gasteiger partial charge on any atom is -0.0876 e. The van der Waals surface area contributed by atoms with Gasteiger partial charge in [-0.25, -0.2) is 0 Å². The normalized spacial score (nSPS) is 11.2. The number of hydrogen-bond acceptors (Lipinski definition) is 0. The largest absolute Gasteiger partial charge is 0.0876 e. The van der Waals surface area contributed by atoms with E-state index >= 15 is 0 Å². The average Bonchev–Trinajstić information content (AvgIpc) is 2.05. The fourth-order valence-electron chi connectivity index (χ4n) is 0.711. The van der Waals surface area contributed by atoms with E-state index in [-0.39, 0.29) is 0 Å². The van der Waals surface area contributed by atoms with Crippen LogP contribution < -0.4 is 0 Å². The van der Waals surface area contributed by atoms with Gasteiger partial charge in [0.1, 0.15) is 0 Å². The first-order valence-electron chi connectivity index (χ1n) is 3.61. The molecule has 10 heavy (non-hydrogen) atoms. The topological polar surface area (TPSA) is 0 Å². The average molecular weight is 265 g/mol. The van der Waals surface area contributed by atoms with Crippen LogP contribution in [0.2, 0.25) is 0 Å². The second-order valence-corrected chi connectivity index (χ2v) is 3.47. The minimum absolute atomic E-state index is 0.335. The van der Waals surface area contributed by atoms with Gasteiger partial charge in [-0.2, -0.15) is 0 Å². The van der Waals surface area contributed by atoms with Gasteiger partial charge in [-0.15, -0.1) is 0 Å². The van der Waals surface area contributed by atoms with E-state index in [4.69, 9.17) is 1.37 Å². The molecule has 0 saturated heterocycles. The van der Waals surface area contributed by atoms with Crippen LogP contribution in [0, 0.1) is 6.90 Å². The molecular weight excluding hydrogens is 256 g/mol. The fourth-order valence-corrected chi connectivity index (χ4v) is 1.31. The number of aryl methyl sites for hydroxylation is 1. The highest BCUT2D eigenvalue weighted by molar-refractivity contribution is 9.10. The Morgan fingerprint density at radius 1 is 1.60 bits per heavy atom. The standard InChI is InChI=1S/C8H8Br2/c1-6-4-7(5-9)2-3-8(6)10/h2-4H,5H2,1H3/i1D. The van der Waals surface area contributed by atoms with Crippen LogP contribution in [0.25, 0.3) is 0 Å². The zero-order valence-corrected chi connectivity index (χ0v) is 8.57. The van der Waals surface area contributed by atoms with Crippen LogP contribution in [0.15, 0.2) is 22.7 Å². The second kappa shape index (κ2) is 3.54. The van der Waals surface area contributed by atoms with Gasteiger partial charge in [0.2, 0.25) is 0 Å². The molecule has 0 aliphatic carbocycles. The van der Waals surface area contributed by atoms with Crippen molar-refractivity contribution in [1.29, 1.82) is 0 Å². The van der Waals surface area contributed by atoms with Crippen molar-refractivity contribution in [3.63, 3.8) is 0 Å². The van der Waals surface area contributed by atoms with Crippen molar-refractivity contribution in [2.45, 2.75) is 12.2 Å². The molecule has 0 heterocycles. The molecule has 0 fully saturated rings. The van der Waals surface area contributed by atoms with Crippen LogP contribution in [0.5, 0.6) is 0 Å². The van der Waals surface area contributed by atoms with Gasteiger partial charge in [0.05, 0.1) is 0 Å². The first-order valence-corrected chi connectivity index (χ1v) is 4.82. The summed E-state index contributed by atoms with van der Waals surface area (Å²) < 4.78 is 8.24. The Labute approximate surface area is 79.3 Å². The zero-order valence-electron chi connectivity index (χ0n) is 6.40. The van der Waals surface area contributed by atoms with Gasteiger partial charge in [-0.1, -0.05) is 44.0 Å². The molecule has 1 rings (SSSR count). The fraction of sp³-hybridized carbons (Fsp3) is 0.250. The van der Waals surface area contributed by atoms with Crippen molar-refractivity contribution in [2.75, 3.05) is 0 Å². The lowest BCUT2D eigenvalue weighted by Gasteiger charge is -1.99. The van der Waals surface area contributed by atoms with Gasteiger partial charge in [0.15, 0.2) is 0 Å². The van der Waals surface area contributed by atoms with Crippen LogP contribution in [-0.4, -0.2) is 0 Å². The molecule has 0 radical (unpaired) electrons. The van der Waals surface area contributed by atoms with Crippen LogP contribution in [0.3, 0.4) is 0 Å². The number of rotatable bonds is 1. The molecule has 0 bridgehead atoms. The maximum Gasteiger partial charge on any atom is 0.0283 e. The quantitative estimate of drug-likeness (QED) is 0.680. The molecule has 0 nitrogen and oxygen atoms in total. The summed E-state index contributed by atoms with van der Waals surface area (Å²) in [4.78, 5) is 0. The number of benzene rings is 1. The lowest BCUT2D eigenvalue weighted by atomic mass is 10.2. The molecule has 0 aliphatic heterocycles. The maximum atomic E-state index is 7.21. The lowest BCUT2D eigenvalue weighted by Crippen LogP contribution is -1.79. The van der Waals surface area contributed by atoms with Crippen LogP contribution in [0.4, 0.5) is 0 Å². The van der Waals surface area contributed by atoms with Crippen LogP contribution in [-0.2, 0) is 5.33 Å². The molecule has 0 N–H and O–H groups in total. The first-order chi connectivity index (χ1) is 5.27.